The van der Waals surface area contributed by atoms with Crippen LogP contribution in [0.25, 0.3) is 11.3 Å². The molecule has 3 atom stereocenters. The molecule has 3 aliphatic heterocycles. The van der Waals surface area contributed by atoms with E-state index in [1.165, 1.54) is 5.69 Å². The Morgan fingerprint density at radius 2 is 1.97 bits per heavy atom. The highest BCUT2D eigenvalue weighted by molar-refractivity contribution is 5.74. The van der Waals surface area contributed by atoms with Gasteiger partial charge in [-0.25, -0.2) is 4.98 Å². The van der Waals surface area contributed by atoms with Gasteiger partial charge < -0.3 is 25.4 Å². The molecular formula is C30H35N7O2. The van der Waals surface area contributed by atoms with E-state index in [-0.39, 0.29) is 11.4 Å². The average Bonchev–Trinajstić information content (AvgIpc) is 3.12. The first-order valence-corrected chi connectivity index (χ1v) is 13.5. The molecule has 3 aliphatic rings. The minimum atomic E-state index is -0.0418. The minimum absolute atomic E-state index is 0.0418. The van der Waals surface area contributed by atoms with Gasteiger partial charge in [0, 0.05) is 62.8 Å². The summed E-state index contributed by atoms with van der Waals surface area (Å²) in [5.41, 5.74) is 10.4. The molecule has 39 heavy (non-hydrogen) atoms. The predicted octanol–water partition coefficient (Wildman–Crippen LogP) is 3.00. The first kappa shape index (κ1) is 25.4. The van der Waals surface area contributed by atoms with Gasteiger partial charge in [-0.3, -0.25) is 4.90 Å². The summed E-state index contributed by atoms with van der Waals surface area (Å²) in [4.78, 5) is 11.7. The molecule has 3 N–H and O–H groups in total. The molecule has 9 heteroatoms. The number of phenolic OH excluding ortho intramolecular Hbond substituents is 1. The van der Waals surface area contributed by atoms with E-state index >= 15 is 0 Å². The van der Waals surface area contributed by atoms with E-state index in [0.717, 1.165) is 50.5 Å². The number of fused-ring (bicyclic) bond motifs is 2. The molecule has 1 aromatic carbocycles. The molecule has 5 heterocycles. The number of hydrogen-bond acceptors (Lipinski definition) is 9. The largest absolute Gasteiger partial charge is 0.507 e. The van der Waals surface area contributed by atoms with Crippen molar-refractivity contribution in [3.05, 3.63) is 54.4 Å². The van der Waals surface area contributed by atoms with Crippen molar-refractivity contribution in [2.45, 2.75) is 38.0 Å². The zero-order valence-electron chi connectivity index (χ0n) is 22.7. The number of methoxy groups -OCH3 is 1. The summed E-state index contributed by atoms with van der Waals surface area (Å²) in [6.07, 6.45) is 2.97. The van der Waals surface area contributed by atoms with Crippen molar-refractivity contribution in [2.24, 2.45) is 5.92 Å². The Morgan fingerprint density at radius 3 is 2.74 bits per heavy atom. The van der Waals surface area contributed by atoms with Crippen LogP contribution in [0.1, 0.15) is 26.0 Å². The van der Waals surface area contributed by atoms with Crippen molar-refractivity contribution in [3.63, 3.8) is 0 Å². The fraction of sp³-hybridized carbons (Fsp3) is 0.433. The maximum Gasteiger partial charge on any atom is 0.169 e. The lowest BCUT2D eigenvalue weighted by Gasteiger charge is -2.46. The molecule has 0 spiro atoms. The van der Waals surface area contributed by atoms with Crippen LogP contribution in [0.5, 0.6) is 5.75 Å². The SMILES string of the molecule is COC1(C)CN(CC#Cc2cc(N3C4CC(C)C3CN(c3cc(-c5ccccc5O)nnc3N)C4)ccn2)C1. The van der Waals surface area contributed by atoms with E-state index in [2.05, 4.69) is 67.7 Å². The molecule has 0 saturated carbocycles. The van der Waals surface area contributed by atoms with Gasteiger partial charge in [0.25, 0.3) is 0 Å². The maximum atomic E-state index is 10.3. The number of nitrogens with zero attached hydrogens (tertiary/aromatic N) is 6. The highest BCUT2D eigenvalue weighted by Crippen LogP contribution is 2.41. The zero-order chi connectivity index (χ0) is 27.1. The quantitative estimate of drug-likeness (QED) is 0.487. The third-order valence-corrected chi connectivity index (χ3v) is 8.38. The predicted molar refractivity (Wildman–Crippen MR) is 153 cm³/mol. The molecule has 3 aromatic rings. The lowest BCUT2D eigenvalue weighted by Crippen LogP contribution is -2.60. The van der Waals surface area contributed by atoms with E-state index in [1.54, 1.807) is 19.2 Å². The number of likely N-dealkylation sites (tertiary alicyclic amines) is 1. The number of aromatic nitrogens is 3. The van der Waals surface area contributed by atoms with Gasteiger partial charge >= 0.3 is 0 Å². The van der Waals surface area contributed by atoms with E-state index < -0.39 is 0 Å². The molecule has 3 saturated heterocycles. The van der Waals surface area contributed by atoms with E-state index in [1.807, 2.05) is 24.4 Å². The molecule has 6 rings (SSSR count). The topological polar surface area (TPSA) is 104 Å². The van der Waals surface area contributed by atoms with Crippen LogP contribution < -0.4 is 15.5 Å². The second-order valence-electron chi connectivity index (χ2n) is 11.3. The van der Waals surface area contributed by atoms with Crippen molar-refractivity contribution in [1.29, 1.82) is 0 Å². The Bertz CT molecular complexity index is 1430. The van der Waals surface area contributed by atoms with Crippen molar-refractivity contribution >= 4 is 17.2 Å². The van der Waals surface area contributed by atoms with Crippen molar-refractivity contribution < 1.29 is 9.84 Å². The number of anilines is 3. The Balaban J connectivity index is 1.19. The molecule has 0 radical (unpaired) electrons. The Kier molecular flexibility index (Phi) is 6.53. The Labute approximate surface area is 229 Å². The van der Waals surface area contributed by atoms with Gasteiger partial charge in [-0.2, -0.15) is 0 Å². The summed E-state index contributed by atoms with van der Waals surface area (Å²) in [5.74, 6) is 7.66. The van der Waals surface area contributed by atoms with Gasteiger partial charge in [-0.15, -0.1) is 10.2 Å². The number of pyridine rings is 1. The van der Waals surface area contributed by atoms with Crippen LogP contribution in [0, 0.1) is 17.8 Å². The number of piperazine rings is 1. The summed E-state index contributed by atoms with van der Waals surface area (Å²) >= 11 is 0. The summed E-state index contributed by atoms with van der Waals surface area (Å²) in [6.45, 7) is 8.63. The van der Waals surface area contributed by atoms with Crippen LogP contribution in [0.3, 0.4) is 0 Å². The van der Waals surface area contributed by atoms with Crippen LogP contribution in [0.15, 0.2) is 48.7 Å². The van der Waals surface area contributed by atoms with E-state index in [4.69, 9.17) is 10.5 Å². The minimum Gasteiger partial charge on any atom is -0.507 e. The number of phenols is 1. The highest BCUT2D eigenvalue weighted by atomic mass is 16.5. The highest BCUT2D eigenvalue weighted by Gasteiger charge is 2.45. The lowest BCUT2D eigenvalue weighted by atomic mass is 9.97. The van der Waals surface area contributed by atoms with Gasteiger partial charge in [0.1, 0.15) is 11.4 Å². The van der Waals surface area contributed by atoms with Crippen LogP contribution in [0.4, 0.5) is 17.2 Å². The summed E-state index contributed by atoms with van der Waals surface area (Å²) in [6, 6.07) is 14.0. The zero-order valence-corrected chi connectivity index (χ0v) is 22.7. The number of benzene rings is 1. The van der Waals surface area contributed by atoms with Gasteiger partial charge in [0.05, 0.1) is 23.5 Å². The standard InChI is InChI=1S/C30H35N7O2/c1-20-13-23-16-36(26-15-25(33-34-29(26)31)24-8-4-5-9-28(24)38)17-27(20)37(23)22-10-11-32-21(14-22)7-6-12-35-18-30(2,19-35)39-3/h4-5,8-11,14-15,20,23,27,38H,12-13,16-19H2,1-3H3,(H2,31,34). The van der Waals surface area contributed by atoms with E-state index in [9.17, 15) is 5.11 Å². The molecule has 0 aliphatic carbocycles. The number of nitrogen functional groups attached to an aromatic ring is 1. The number of para-hydroxylation sites is 1. The lowest BCUT2D eigenvalue weighted by molar-refractivity contribution is -0.105. The van der Waals surface area contributed by atoms with Gasteiger partial charge in [-0.1, -0.05) is 25.0 Å². The molecule has 2 aromatic heterocycles. The van der Waals surface area contributed by atoms with Crippen molar-refractivity contribution in [2.75, 3.05) is 55.4 Å². The molecule has 0 amide bonds. The van der Waals surface area contributed by atoms with Crippen molar-refractivity contribution in [1.82, 2.24) is 20.1 Å². The third-order valence-electron chi connectivity index (χ3n) is 8.38. The molecule has 9 nitrogen and oxygen atoms in total. The van der Waals surface area contributed by atoms with Crippen LogP contribution in [-0.4, -0.2) is 82.7 Å². The Hall–Kier alpha value is -3.87. The fourth-order valence-electron chi connectivity index (χ4n) is 6.33. The Morgan fingerprint density at radius 1 is 1.15 bits per heavy atom. The smallest absolute Gasteiger partial charge is 0.169 e. The number of rotatable bonds is 5. The number of hydrogen-bond donors (Lipinski definition) is 2. The first-order chi connectivity index (χ1) is 18.8. The normalized spacial score (nSPS) is 23.7. The van der Waals surface area contributed by atoms with Gasteiger partial charge in [-0.05, 0) is 55.5 Å². The van der Waals surface area contributed by atoms with Crippen LogP contribution >= 0.6 is 0 Å². The third kappa shape index (κ3) is 4.86. The van der Waals surface area contributed by atoms with Crippen molar-refractivity contribution in [3.8, 4) is 28.8 Å². The summed E-state index contributed by atoms with van der Waals surface area (Å²) in [7, 11) is 1.77. The average molecular weight is 526 g/mol. The monoisotopic (exact) mass is 525 g/mol. The van der Waals surface area contributed by atoms with E-state index in [0.29, 0.717) is 35.1 Å². The first-order valence-electron chi connectivity index (χ1n) is 13.5. The molecule has 2 bridgehead atoms. The maximum absolute atomic E-state index is 10.3. The van der Waals surface area contributed by atoms with Crippen LogP contribution in [0.2, 0.25) is 0 Å². The van der Waals surface area contributed by atoms with Crippen LogP contribution in [-0.2, 0) is 4.74 Å². The fourth-order valence-corrected chi connectivity index (χ4v) is 6.33. The molecule has 202 valence electrons. The second kappa shape index (κ2) is 10.0. The van der Waals surface area contributed by atoms with Gasteiger partial charge in [0.2, 0.25) is 0 Å². The number of ether oxygens (including phenoxy) is 1. The molecule has 3 fully saturated rings. The number of nitrogens with two attached hydrogens (primary N) is 1. The second-order valence-corrected chi connectivity index (χ2v) is 11.3. The van der Waals surface area contributed by atoms with Gasteiger partial charge in [0.15, 0.2) is 5.82 Å². The molecule has 3 unspecified atom stereocenters. The molecular weight excluding hydrogens is 490 g/mol. The summed E-state index contributed by atoms with van der Waals surface area (Å²) in [5, 5.41) is 18.8. The number of aromatic hydroxyl groups is 1. The summed E-state index contributed by atoms with van der Waals surface area (Å²) < 4.78 is 5.52.